The Morgan fingerprint density at radius 2 is 2.33 bits per heavy atom. The Bertz CT molecular complexity index is 368. The highest BCUT2D eigenvalue weighted by Gasteiger charge is 2.28. The number of unbranched alkanes of at least 4 members (excludes halogenated alkanes) is 1. The standard InChI is InChI=1S/C11H14BClO2/c1-2-3-4-8-5-10-9(6-11(8)13)7-15-12(10)14/h5-6,14H,2-4,7H2,1H3. The van der Waals surface area contributed by atoms with Crippen molar-refractivity contribution < 1.29 is 9.68 Å². The van der Waals surface area contributed by atoms with Gasteiger partial charge in [0.25, 0.3) is 0 Å². The van der Waals surface area contributed by atoms with E-state index in [1.807, 2.05) is 12.1 Å². The van der Waals surface area contributed by atoms with Gasteiger partial charge in [-0.05, 0) is 35.5 Å². The lowest BCUT2D eigenvalue weighted by Crippen LogP contribution is -2.28. The van der Waals surface area contributed by atoms with Crippen molar-refractivity contribution in [3.8, 4) is 0 Å². The molecule has 1 aromatic carbocycles. The zero-order valence-electron chi connectivity index (χ0n) is 8.79. The number of fused-ring (bicyclic) bond motifs is 1. The maximum absolute atomic E-state index is 9.56. The highest BCUT2D eigenvalue weighted by Crippen LogP contribution is 2.22. The molecule has 0 fully saturated rings. The van der Waals surface area contributed by atoms with Crippen LogP contribution in [0.3, 0.4) is 0 Å². The zero-order valence-corrected chi connectivity index (χ0v) is 9.55. The molecular weight excluding hydrogens is 210 g/mol. The molecule has 0 bridgehead atoms. The Balaban J connectivity index is 2.28. The van der Waals surface area contributed by atoms with Crippen LogP contribution in [0.5, 0.6) is 0 Å². The number of benzene rings is 1. The van der Waals surface area contributed by atoms with Crippen LogP contribution >= 0.6 is 11.6 Å². The normalized spacial score (nSPS) is 14.5. The Morgan fingerprint density at radius 1 is 1.53 bits per heavy atom. The third-order valence-electron chi connectivity index (χ3n) is 2.77. The molecule has 1 aliphatic heterocycles. The van der Waals surface area contributed by atoms with Gasteiger partial charge in [0.2, 0.25) is 0 Å². The molecule has 0 saturated heterocycles. The van der Waals surface area contributed by atoms with Gasteiger partial charge in [-0.3, -0.25) is 0 Å². The van der Waals surface area contributed by atoms with E-state index in [-0.39, 0.29) is 0 Å². The quantitative estimate of drug-likeness (QED) is 0.795. The SMILES string of the molecule is CCCCc1cc2c(cc1Cl)COB2O. The molecule has 0 aromatic heterocycles. The van der Waals surface area contributed by atoms with E-state index in [4.69, 9.17) is 16.3 Å². The molecule has 0 atom stereocenters. The second-order valence-electron chi connectivity index (χ2n) is 3.91. The maximum Gasteiger partial charge on any atom is 0.491 e. The number of hydrogen-bond acceptors (Lipinski definition) is 2. The molecule has 0 unspecified atom stereocenters. The van der Waals surface area contributed by atoms with E-state index in [9.17, 15) is 5.02 Å². The maximum atomic E-state index is 9.56. The lowest BCUT2D eigenvalue weighted by Gasteiger charge is -2.06. The number of hydrogen-bond donors (Lipinski definition) is 1. The Morgan fingerprint density at radius 3 is 3.07 bits per heavy atom. The van der Waals surface area contributed by atoms with Crippen molar-refractivity contribution >= 4 is 24.2 Å². The summed E-state index contributed by atoms with van der Waals surface area (Å²) in [5, 5.41) is 10.3. The molecule has 0 amide bonds. The first kappa shape index (κ1) is 11.0. The highest BCUT2D eigenvalue weighted by molar-refractivity contribution is 6.61. The summed E-state index contributed by atoms with van der Waals surface area (Å²) in [6.07, 6.45) is 3.23. The Hall–Kier alpha value is -0.505. The minimum absolute atomic E-state index is 0.463. The van der Waals surface area contributed by atoms with Crippen molar-refractivity contribution in [3.05, 3.63) is 28.3 Å². The summed E-state index contributed by atoms with van der Waals surface area (Å²) in [6.45, 7) is 2.61. The second kappa shape index (κ2) is 4.56. The van der Waals surface area contributed by atoms with Crippen LogP contribution in [-0.2, 0) is 17.7 Å². The lowest BCUT2D eigenvalue weighted by atomic mass is 9.78. The van der Waals surface area contributed by atoms with Crippen molar-refractivity contribution in [1.82, 2.24) is 0 Å². The summed E-state index contributed by atoms with van der Waals surface area (Å²) in [4.78, 5) is 0. The summed E-state index contributed by atoms with van der Waals surface area (Å²) < 4.78 is 5.13. The molecule has 80 valence electrons. The van der Waals surface area contributed by atoms with E-state index < -0.39 is 7.12 Å². The van der Waals surface area contributed by atoms with Crippen molar-refractivity contribution in [2.45, 2.75) is 32.8 Å². The van der Waals surface area contributed by atoms with Crippen LogP contribution < -0.4 is 5.46 Å². The average Bonchev–Trinajstić information content (AvgIpc) is 2.57. The predicted octanol–water partition coefficient (Wildman–Crippen LogP) is 1.90. The van der Waals surface area contributed by atoms with Gasteiger partial charge in [-0.15, -0.1) is 0 Å². The molecule has 0 radical (unpaired) electrons. The first-order valence-electron chi connectivity index (χ1n) is 5.33. The monoisotopic (exact) mass is 224 g/mol. The number of halogens is 1. The van der Waals surface area contributed by atoms with Gasteiger partial charge in [-0.1, -0.05) is 31.0 Å². The lowest BCUT2D eigenvalue weighted by molar-refractivity contribution is 0.275. The van der Waals surface area contributed by atoms with Crippen LogP contribution in [0.1, 0.15) is 30.9 Å². The van der Waals surface area contributed by atoms with Crippen LogP contribution in [0.4, 0.5) is 0 Å². The van der Waals surface area contributed by atoms with Gasteiger partial charge < -0.3 is 9.68 Å². The molecule has 0 aliphatic carbocycles. The average molecular weight is 224 g/mol. The molecule has 1 aromatic rings. The largest absolute Gasteiger partial charge is 0.491 e. The third kappa shape index (κ3) is 2.20. The molecule has 15 heavy (non-hydrogen) atoms. The van der Waals surface area contributed by atoms with Crippen LogP contribution in [0.15, 0.2) is 12.1 Å². The van der Waals surface area contributed by atoms with E-state index in [1.165, 1.54) is 0 Å². The van der Waals surface area contributed by atoms with E-state index in [2.05, 4.69) is 6.92 Å². The second-order valence-corrected chi connectivity index (χ2v) is 4.32. The van der Waals surface area contributed by atoms with Crippen LogP contribution in [0.2, 0.25) is 5.02 Å². The predicted molar refractivity (Wildman–Crippen MR) is 62.5 cm³/mol. The molecule has 0 saturated carbocycles. The molecule has 1 aliphatic rings. The van der Waals surface area contributed by atoms with Gasteiger partial charge in [0.05, 0.1) is 6.61 Å². The van der Waals surface area contributed by atoms with Crippen LogP contribution in [0.25, 0.3) is 0 Å². The van der Waals surface area contributed by atoms with Crippen LogP contribution in [0, 0.1) is 0 Å². The summed E-state index contributed by atoms with van der Waals surface area (Å²) in [5.74, 6) is 0. The number of aryl methyl sites for hydroxylation is 1. The van der Waals surface area contributed by atoms with Crippen molar-refractivity contribution in [2.75, 3.05) is 0 Å². The first-order chi connectivity index (χ1) is 7.22. The van der Waals surface area contributed by atoms with E-state index in [0.29, 0.717) is 6.61 Å². The minimum atomic E-state index is -0.766. The van der Waals surface area contributed by atoms with Crippen molar-refractivity contribution in [1.29, 1.82) is 0 Å². The Kier molecular flexibility index (Phi) is 3.34. The summed E-state index contributed by atoms with van der Waals surface area (Å²) >= 11 is 6.15. The molecule has 0 spiro atoms. The van der Waals surface area contributed by atoms with Gasteiger partial charge in [-0.25, -0.2) is 0 Å². The van der Waals surface area contributed by atoms with Gasteiger partial charge in [0.15, 0.2) is 0 Å². The molecule has 1 N–H and O–H groups in total. The smallest absolute Gasteiger partial charge is 0.423 e. The van der Waals surface area contributed by atoms with Gasteiger partial charge >= 0.3 is 7.12 Å². The fourth-order valence-corrected chi connectivity index (χ4v) is 2.13. The molecular formula is C11H14BClO2. The molecule has 1 heterocycles. The topological polar surface area (TPSA) is 29.5 Å². The van der Waals surface area contributed by atoms with Gasteiger partial charge in [0.1, 0.15) is 0 Å². The molecule has 2 nitrogen and oxygen atoms in total. The third-order valence-corrected chi connectivity index (χ3v) is 3.12. The highest BCUT2D eigenvalue weighted by atomic mass is 35.5. The van der Waals surface area contributed by atoms with Crippen molar-refractivity contribution in [2.24, 2.45) is 0 Å². The first-order valence-corrected chi connectivity index (χ1v) is 5.71. The van der Waals surface area contributed by atoms with E-state index in [0.717, 1.165) is 40.9 Å². The summed E-state index contributed by atoms with van der Waals surface area (Å²) in [5.41, 5.74) is 3.00. The minimum Gasteiger partial charge on any atom is -0.423 e. The Labute approximate surface area is 95.4 Å². The van der Waals surface area contributed by atoms with Crippen molar-refractivity contribution in [3.63, 3.8) is 0 Å². The van der Waals surface area contributed by atoms with E-state index in [1.54, 1.807) is 0 Å². The van der Waals surface area contributed by atoms with Gasteiger partial charge in [0, 0.05) is 5.02 Å². The fraction of sp³-hybridized carbons (Fsp3) is 0.455. The van der Waals surface area contributed by atoms with E-state index >= 15 is 0 Å². The number of rotatable bonds is 3. The molecule has 4 heteroatoms. The summed E-state index contributed by atoms with van der Waals surface area (Å²) in [7, 11) is -0.766. The molecule has 2 rings (SSSR count). The summed E-state index contributed by atoms with van der Waals surface area (Å²) in [6, 6.07) is 3.89. The fourth-order valence-electron chi connectivity index (χ4n) is 1.85. The van der Waals surface area contributed by atoms with Gasteiger partial charge in [-0.2, -0.15) is 0 Å². The van der Waals surface area contributed by atoms with Crippen LogP contribution in [-0.4, -0.2) is 12.1 Å². The zero-order chi connectivity index (χ0) is 10.8.